The summed E-state index contributed by atoms with van der Waals surface area (Å²) >= 11 is 0. The van der Waals surface area contributed by atoms with Crippen LogP contribution < -0.4 is 5.32 Å². The van der Waals surface area contributed by atoms with E-state index in [1.54, 1.807) is 18.2 Å². The fraction of sp³-hybridized carbons (Fsp3) is 0.600. The highest BCUT2D eigenvalue weighted by Gasteiger charge is 2.20. The number of fused-ring (bicyclic) bond motifs is 1. The molecule has 0 saturated heterocycles. The monoisotopic (exact) mass is 408 g/mol. The van der Waals surface area contributed by atoms with Crippen molar-refractivity contribution in [2.24, 2.45) is 5.41 Å². The summed E-state index contributed by atoms with van der Waals surface area (Å²) in [5.41, 5.74) is 1.70. The van der Waals surface area contributed by atoms with Gasteiger partial charge < -0.3 is 9.88 Å². The zero-order chi connectivity index (χ0) is 21.1. The minimum atomic E-state index is -3.51. The molecule has 2 rings (SSSR count). The Kier molecular flexibility index (Phi) is 6.88. The molecule has 0 aliphatic rings. The van der Waals surface area contributed by atoms with Gasteiger partial charge in [0.2, 0.25) is 15.9 Å². The molecule has 28 heavy (non-hydrogen) atoms. The molecule has 156 valence electrons. The average Bonchev–Trinajstić information content (AvgIpc) is 2.95. The molecule has 0 aliphatic carbocycles. The number of aryl methyl sites for hydroxylation is 2. The van der Waals surface area contributed by atoms with Crippen molar-refractivity contribution in [3.05, 3.63) is 24.0 Å². The molecule has 1 aromatic carbocycles. The van der Waals surface area contributed by atoms with Crippen LogP contribution in [-0.4, -0.2) is 48.8 Å². The van der Waals surface area contributed by atoms with Gasteiger partial charge >= 0.3 is 0 Å². The van der Waals surface area contributed by atoms with Crippen LogP contribution in [0.15, 0.2) is 23.1 Å². The number of rotatable bonds is 8. The third kappa shape index (κ3) is 5.32. The van der Waals surface area contributed by atoms with E-state index in [1.165, 1.54) is 18.4 Å². The van der Waals surface area contributed by atoms with Crippen molar-refractivity contribution in [3.8, 4) is 0 Å². The molecule has 0 radical (unpaired) electrons. The van der Waals surface area contributed by atoms with Gasteiger partial charge in [0.05, 0.1) is 15.9 Å². The smallest absolute Gasteiger partial charge is 0.242 e. The number of benzene rings is 1. The second-order valence-electron chi connectivity index (χ2n) is 8.37. The summed E-state index contributed by atoms with van der Waals surface area (Å²) in [7, 11) is -0.491. The van der Waals surface area contributed by atoms with Crippen molar-refractivity contribution in [3.63, 3.8) is 0 Å². The van der Waals surface area contributed by atoms with Crippen LogP contribution >= 0.6 is 0 Å². The lowest BCUT2D eigenvalue weighted by molar-refractivity contribution is -0.121. The number of hydrogen-bond donors (Lipinski definition) is 1. The number of hydrogen-bond acceptors (Lipinski definition) is 4. The van der Waals surface area contributed by atoms with Gasteiger partial charge in [0.1, 0.15) is 5.82 Å². The molecule has 1 heterocycles. The maximum Gasteiger partial charge on any atom is 0.242 e. The van der Waals surface area contributed by atoms with Gasteiger partial charge in [-0.1, -0.05) is 20.8 Å². The molecule has 0 fully saturated rings. The van der Waals surface area contributed by atoms with Gasteiger partial charge in [0.15, 0.2) is 0 Å². The number of nitrogens with zero attached hydrogens (tertiary/aromatic N) is 3. The molecule has 0 aliphatic heterocycles. The fourth-order valence-corrected chi connectivity index (χ4v) is 3.89. The van der Waals surface area contributed by atoms with Gasteiger partial charge in [-0.15, -0.1) is 0 Å². The van der Waals surface area contributed by atoms with Crippen LogP contribution in [0.2, 0.25) is 0 Å². The van der Waals surface area contributed by atoms with Gasteiger partial charge in [0, 0.05) is 40.0 Å². The number of nitrogens with one attached hydrogen (secondary N) is 1. The summed E-state index contributed by atoms with van der Waals surface area (Å²) in [5.74, 6) is 0.803. The van der Waals surface area contributed by atoms with Crippen molar-refractivity contribution in [2.45, 2.75) is 58.4 Å². The van der Waals surface area contributed by atoms with E-state index in [1.807, 2.05) is 11.5 Å². The Morgan fingerprint density at radius 1 is 1.25 bits per heavy atom. The zero-order valence-corrected chi connectivity index (χ0v) is 18.6. The molecular weight excluding hydrogens is 376 g/mol. The number of imidazole rings is 1. The first kappa shape index (κ1) is 22.4. The SMILES string of the molecule is CCn1c(CCC(=O)NCCC(C)(C)C)nc2cc(S(=O)(=O)N(C)C)ccc21. The second kappa shape index (κ2) is 8.61. The van der Waals surface area contributed by atoms with E-state index in [0.717, 1.165) is 17.8 Å². The lowest BCUT2D eigenvalue weighted by Gasteiger charge is -2.18. The van der Waals surface area contributed by atoms with E-state index in [9.17, 15) is 13.2 Å². The zero-order valence-electron chi connectivity index (χ0n) is 17.7. The molecular formula is C20H32N4O3S. The molecule has 8 heteroatoms. The van der Waals surface area contributed by atoms with E-state index in [-0.39, 0.29) is 16.2 Å². The summed E-state index contributed by atoms with van der Waals surface area (Å²) in [6.07, 6.45) is 1.80. The predicted molar refractivity (Wildman–Crippen MR) is 112 cm³/mol. The van der Waals surface area contributed by atoms with E-state index in [4.69, 9.17) is 0 Å². The van der Waals surface area contributed by atoms with Gasteiger partial charge in [-0.3, -0.25) is 4.79 Å². The number of carbonyl (C=O) groups is 1. The molecule has 0 spiro atoms. The molecule has 2 aromatic rings. The Morgan fingerprint density at radius 3 is 2.50 bits per heavy atom. The van der Waals surface area contributed by atoms with E-state index in [0.29, 0.717) is 31.4 Å². The van der Waals surface area contributed by atoms with Gasteiger partial charge in [-0.25, -0.2) is 17.7 Å². The topological polar surface area (TPSA) is 84.3 Å². The van der Waals surface area contributed by atoms with Crippen molar-refractivity contribution >= 4 is 27.0 Å². The largest absolute Gasteiger partial charge is 0.356 e. The fourth-order valence-electron chi connectivity index (χ4n) is 2.97. The Labute approximate surface area is 168 Å². The van der Waals surface area contributed by atoms with Crippen LogP contribution in [0.3, 0.4) is 0 Å². The maximum atomic E-state index is 12.4. The van der Waals surface area contributed by atoms with Gasteiger partial charge in [-0.2, -0.15) is 0 Å². The Bertz CT molecular complexity index is 940. The third-order valence-electron chi connectivity index (χ3n) is 4.67. The summed E-state index contributed by atoms with van der Waals surface area (Å²) in [6, 6.07) is 4.99. The van der Waals surface area contributed by atoms with Crippen molar-refractivity contribution in [1.82, 2.24) is 19.2 Å². The molecule has 0 bridgehead atoms. The first-order valence-corrected chi connectivity index (χ1v) is 11.1. The van der Waals surface area contributed by atoms with Gasteiger partial charge in [0.25, 0.3) is 0 Å². The molecule has 0 saturated carbocycles. The van der Waals surface area contributed by atoms with Crippen LogP contribution in [0.25, 0.3) is 11.0 Å². The number of sulfonamides is 1. The summed E-state index contributed by atoms with van der Waals surface area (Å²) in [6.45, 7) is 9.82. The maximum absolute atomic E-state index is 12.4. The first-order chi connectivity index (χ1) is 13.0. The highest BCUT2D eigenvalue weighted by Crippen LogP contribution is 2.23. The van der Waals surface area contributed by atoms with Crippen LogP contribution in [0.4, 0.5) is 0 Å². The van der Waals surface area contributed by atoms with E-state index >= 15 is 0 Å². The lowest BCUT2D eigenvalue weighted by Crippen LogP contribution is -2.27. The predicted octanol–water partition coefficient (Wildman–Crippen LogP) is 2.79. The van der Waals surface area contributed by atoms with Crippen molar-refractivity contribution in [2.75, 3.05) is 20.6 Å². The molecule has 7 nitrogen and oxygen atoms in total. The Hall–Kier alpha value is -1.93. The van der Waals surface area contributed by atoms with Crippen LogP contribution in [0.5, 0.6) is 0 Å². The lowest BCUT2D eigenvalue weighted by atomic mass is 9.92. The van der Waals surface area contributed by atoms with Crippen molar-refractivity contribution in [1.29, 1.82) is 0 Å². The minimum Gasteiger partial charge on any atom is -0.356 e. The van der Waals surface area contributed by atoms with E-state index in [2.05, 4.69) is 31.1 Å². The molecule has 0 atom stereocenters. The number of amides is 1. The molecule has 1 amide bonds. The van der Waals surface area contributed by atoms with E-state index < -0.39 is 10.0 Å². The van der Waals surface area contributed by atoms with Crippen LogP contribution in [-0.2, 0) is 27.8 Å². The number of aromatic nitrogens is 2. The number of carbonyl (C=O) groups excluding carboxylic acids is 1. The molecule has 1 N–H and O–H groups in total. The summed E-state index contributed by atoms with van der Waals surface area (Å²) in [5, 5.41) is 2.96. The minimum absolute atomic E-state index is 0.00911. The summed E-state index contributed by atoms with van der Waals surface area (Å²) < 4.78 is 27.9. The highest BCUT2D eigenvalue weighted by molar-refractivity contribution is 7.89. The van der Waals surface area contributed by atoms with Crippen LogP contribution in [0, 0.1) is 5.41 Å². The Morgan fingerprint density at radius 2 is 1.93 bits per heavy atom. The van der Waals surface area contributed by atoms with Gasteiger partial charge in [-0.05, 0) is 37.0 Å². The van der Waals surface area contributed by atoms with Crippen LogP contribution in [0.1, 0.15) is 46.4 Å². The first-order valence-electron chi connectivity index (χ1n) is 9.64. The quantitative estimate of drug-likeness (QED) is 0.728. The highest BCUT2D eigenvalue weighted by atomic mass is 32.2. The second-order valence-corrected chi connectivity index (χ2v) is 10.5. The van der Waals surface area contributed by atoms with Crippen molar-refractivity contribution < 1.29 is 13.2 Å². The molecule has 0 unspecified atom stereocenters. The standard InChI is InChI=1S/C20H32N4O3S/c1-7-24-17-9-8-15(28(26,27)23(5)6)14-16(17)22-18(24)10-11-19(25)21-13-12-20(2,3)4/h8-9,14H,7,10-13H2,1-6H3,(H,21,25). The average molecular weight is 409 g/mol. The third-order valence-corrected chi connectivity index (χ3v) is 6.48. The normalized spacial score (nSPS) is 12.7. The summed E-state index contributed by atoms with van der Waals surface area (Å²) in [4.78, 5) is 17.0. The Balaban J connectivity index is 2.15. The molecule has 1 aromatic heterocycles.